The number of anilines is 1. The number of nitrogens with one attached hydrogen (secondary N) is 1. The fraction of sp³-hybridized carbons (Fsp3) is 0.240. The Morgan fingerprint density at radius 1 is 0.970 bits per heavy atom. The average Bonchev–Trinajstić information content (AvgIpc) is 2.79. The van der Waals surface area contributed by atoms with E-state index in [1.165, 1.54) is 12.1 Å². The van der Waals surface area contributed by atoms with Crippen LogP contribution in [-0.4, -0.2) is 21.0 Å². The first kappa shape index (κ1) is 24.8. The van der Waals surface area contributed by atoms with Gasteiger partial charge >= 0.3 is 5.97 Å². The zero-order chi connectivity index (χ0) is 23.7. The highest BCUT2D eigenvalue weighted by molar-refractivity contribution is 9.10. The zero-order valence-corrected chi connectivity index (χ0v) is 20.7. The van der Waals surface area contributed by atoms with E-state index in [0.717, 1.165) is 22.9 Å². The maximum Gasteiger partial charge on any atom is 0.340 e. The quantitative estimate of drug-likeness (QED) is 0.245. The van der Waals surface area contributed by atoms with Crippen LogP contribution in [0.3, 0.4) is 0 Å². The lowest BCUT2D eigenvalue weighted by molar-refractivity contribution is 0.0501. The molecule has 3 aromatic carbocycles. The van der Waals surface area contributed by atoms with Gasteiger partial charge in [-0.1, -0.05) is 71.7 Å². The maximum atomic E-state index is 12.9. The third-order valence-corrected chi connectivity index (χ3v) is 6.50. The van der Waals surface area contributed by atoms with Crippen molar-refractivity contribution in [3.63, 3.8) is 0 Å². The lowest BCUT2D eigenvalue weighted by Gasteiger charge is -2.15. The molecule has 0 aliphatic heterocycles. The average molecular weight is 532 g/mol. The molecule has 3 rings (SSSR count). The molecule has 1 N–H and O–H groups in total. The molecule has 33 heavy (non-hydrogen) atoms. The van der Waals surface area contributed by atoms with Crippen molar-refractivity contribution in [2.75, 3.05) is 11.3 Å². The number of ether oxygens (including phenoxy) is 2. The van der Waals surface area contributed by atoms with Crippen LogP contribution in [0.1, 0.15) is 41.3 Å². The summed E-state index contributed by atoms with van der Waals surface area (Å²) in [4.78, 5) is 12.6. The number of carbonyl (C=O) groups excluding carboxylic acids is 1. The number of esters is 1. The second-order valence-corrected chi connectivity index (χ2v) is 10.1. The topological polar surface area (TPSA) is 81.7 Å². The van der Waals surface area contributed by atoms with Gasteiger partial charge in [0.25, 0.3) is 0 Å². The highest BCUT2D eigenvalue weighted by atomic mass is 79.9. The minimum absolute atomic E-state index is 0.124. The Morgan fingerprint density at radius 3 is 2.39 bits per heavy atom. The van der Waals surface area contributed by atoms with Crippen LogP contribution in [0.5, 0.6) is 5.75 Å². The van der Waals surface area contributed by atoms with E-state index in [2.05, 4.69) is 20.7 Å². The van der Waals surface area contributed by atoms with Gasteiger partial charge in [0.1, 0.15) is 12.4 Å². The van der Waals surface area contributed by atoms with Crippen molar-refractivity contribution in [2.45, 2.75) is 32.1 Å². The van der Waals surface area contributed by atoms with E-state index in [-0.39, 0.29) is 23.6 Å². The van der Waals surface area contributed by atoms with Crippen LogP contribution in [0.25, 0.3) is 0 Å². The molecule has 0 bridgehead atoms. The lowest BCUT2D eigenvalue weighted by atomic mass is 10.1. The van der Waals surface area contributed by atoms with Gasteiger partial charge in [0.05, 0.1) is 23.6 Å². The van der Waals surface area contributed by atoms with E-state index in [1.54, 1.807) is 30.3 Å². The molecule has 174 valence electrons. The van der Waals surface area contributed by atoms with Crippen molar-refractivity contribution in [3.05, 3.63) is 94.0 Å². The van der Waals surface area contributed by atoms with Gasteiger partial charge in [0, 0.05) is 10.5 Å². The van der Waals surface area contributed by atoms with Crippen molar-refractivity contribution >= 4 is 37.6 Å². The molecule has 0 saturated heterocycles. The monoisotopic (exact) mass is 531 g/mol. The van der Waals surface area contributed by atoms with Gasteiger partial charge in [-0.3, -0.25) is 4.72 Å². The number of benzene rings is 3. The van der Waals surface area contributed by atoms with Gasteiger partial charge in [0.15, 0.2) is 0 Å². The summed E-state index contributed by atoms with van der Waals surface area (Å²) in [7, 11) is -3.79. The first-order valence-corrected chi connectivity index (χ1v) is 13.0. The number of unbranched alkanes of at least 4 members (excludes halogenated alkanes) is 1. The van der Waals surface area contributed by atoms with E-state index in [1.807, 2.05) is 37.3 Å². The molecule has 0 fully saturated rings. The van der Waals surface area contributed by atoms with Crippen LogP contribution in [0.15, 0.2) is 77.3 Å². The van der Waals surface area contributed by atoms with Crippen LogP contribution < -0.4 is 9.46 Å². The number of sulfonamides is 1. The zero-order valence-electron chi connectivity index (χ0n) is 18.3. The largest absolute Gasteiger partial charge is 0.489 e. The molecule has 8 heteroatoms. The number of carbonyl (C=O) groups is 1. The predicted octanol–water partition coefficient (Wildman–Crippen LogP) is 5.93. The summed E-state index contributed by atoms with van der Waals surface area (Å²) in [5.41, 5.74) is 1.85. The van der Waals surface area contributed by atoms with Crippen LogP contribution in [-0.2, 0) is 27.1 Å². The summed E-state index contributed by atoms with van der Waals surface area (Å²) in [6.07, 6.45) is 1.61. The van der Waals surface area contributed by atoms with Gasteiger partial charge < -0.3 is 9.47 Å². The highest BCUT2D eigenvalue weighted by Gasteiger charge is 2.19. The minimum Gasteiger partial charge on any atom is -0.489 e. The van der Waals surface area contributed by atoms with Crippen LogP contribution in [0, 0.1) is 0 Å². The number of hydrogen-bond donors (Lipinski definition) is 1. The maximum absolute atomic E-state index is 12.9. The molecule has 0 amide bonds. The van der Waals surface area contributed by atoms with Gasteiger partial charge in [-0.15, -0.1) is 0 Å². The fourth-order valence-corrected chi connectivity index (χ4v) is 4.48. The Morgan fingerprint density at radius 2 is 1.70 bits per heavy atom. The van der Waals surface area contributed by atoms with E-state index in [4.69, 9.17) is 9.47 Å². The summed E-state index contributed by atoms with van der Waals surface area (Å²) < 4.78 is 40.3. The van der Waals surface area contributed by atoms with Crippen LogP contribution in [0.2, 0.25) is 0 Å². The third kappa shape index (κ3) is 7.91. The van der Waals surface area contributed by atoms with Crippen molar-refractivity contribution in [1.82, 2.24) is 0 Å². The molecule has 3 aromatic rings. The van der Waals surface area contributed by atoms with Gasteiger partial charge in [-0.05, 0) is 41.8 Å². The minimum atomic E-state index is -3.79. The van der Waals surface area contributed by atoms with Crippen molar-refractivity contribution < 1.29 is 22.7 Å². The highest BCUT2D eigenvalue weighted by Crippen LogP contribution is 2.26. The summed E-state index contributed by atoms with van der Waals surface area (Å²) in [5.74, 6) is -0.385. The molecule has 0 radical (unpaired) electrons. The Hall–Kier alpha value is -2.84. The second-order valence-electron chi connectivity index (χ2n) is 7.46. The van der Waals surface area contributed by atoms with Crippen LogP contribution >= 0.6 is 15.9 Å². The molecular weight excluding hydrogens is 506 g/mol. The van der Waals surface area contributed by atoms with E-state index >= 15 is 0 Å². The SMILES string of the molecule is CCCCOC(=O)c1ccc(OCc2ccccc2)cc1NS(=O)(=O)Cc1ccc(Br)cc1. The molecule has 0 heterocycles. The van der Waals surface area contributed by atoms with Gasteiger partial charge in [-0.2, -0.15) is 0 Å². The summed E-state index contributed by atoms with van der Waals surface area (Å²) in [6.45, 7) is 2.58. The fourth-order valence-electron chi connectivity index (χ4n) is 3.01. The molecule has 0 aromatic heterocycles. The molecule has 0 atom stereocenters. The molecule has 0 saturated carbocycles. The number of rotatable bonds is 11. The van der Waals surface area contributed by atoms with Crippen molar-refractivity contribution in [1.29, 1.82) is 0 Å². The molecule has 0 spiro atoms. The Bertz CT molecular complexity index is 1170. The smallest absolute Gasteiger partial charge is 0.340 e. The molecule has 0 aliphatic carbocycles. The number of halogens is 1. The van der Waals surface area contributed by atoms with Crippen molar-refractivity contribution in [3.8, 4) is 5.75 Å². The van der Waals surface area contributed by atoms with Gasteiger partial charge in [0.2, 0.25) is 10.0 Å². The predicted molar refractivity (Wildman–Crippen MR) is 133 cm³/mol. The standard InChI is InChI=1S/C25H26BrNO5S/c1-2-3-15-31-25(28)23-14-13-22(32-17-19-7-5-4-6-8-19)16-24(23)27-33(29,30)18-20-9-11-21(26)12-10-20/h4-14,16,27H,2-3,15,17-18H2,1H3. The lowest BCUT2D eigenvalue weighted by Crippen LogP contribution is -2.18. The van der Waals surface area contributed by atoms with Crippen LogP contribution in [0.4, 0.5) is 5.69 Å². The van der Waals surface area contributed by atoms with Crippen molar-refractivity contribution in [2.24, 2.45) is 0 Å². The summed E-state index contributed by atoms with van der Waals surface area (Å²) >= 11 is 3.34. The Kier molecular flexibility index (Phi) is 8.91. The molecule has 0 aliphatic rings. The first-order valence-electron chi connectivity index (χ1n) is 10.6. The molecular formula is C25H26BrNO5S. The Balaban J connectivity index is 1.82. The number of hydrogen-bond acceptors (Lipinski definition) is 5. The molecule has 0 unspecified atom stereocenters. The first-order chi connectivity index (χ1) is 15.9. The summed E-state index contributed by atoms with van der Waals surface area (Å²) in [6, 6.07) is 21.3. The normalized spacial score (nSPS) is 11.1. The Labute approximate surface area is 203 Å². The molecule has 6 nitrogen and oxygen atoms in total. The van der Waals surface area contributed by atoms with Gasteiger partial charge in [-0.25, -0.2) is 13.2 Å². The van der Waals surface area contributed by atoms with E-state index in [9.17, 15) is 13.2 Å². The summed E-state index contributed by atoms with van der Waals surface area (Å²) in [5, 5.41) is 0. The second kappa shape index (κ2) is 11.9. The van der Waals surface area contributed by atoms with E-state index in [0.29, 0.717) is 17.9 Å². The van der Waals surface area contributed by atoms with E-state index < -0.39 is 16.0 Å². The third-order valence-electron chi connectivity index (χ3n) is 4.73.